The van der Waals surface area contributed by atoms with E-state index < -0.39 is 5.97 Å². The second kappa shape index (κ2) is 5.49. The summed E-state index contributed by atoms with van der Waals surface area (Å²) in [6.45, 7) is 6.94. The number of nitrogens with zero attached hydrogens (tertiary/aromatic N) is 1. The second-order valence-corrected chi connectivity index (χ2v) is 5.45. The van der Waals surface area contributed by atoms with Crippen molar-refractivity contribution in [1.29, 1.82) is 0 Å². The fraction of sp³-hybridized carbons (Fsp3) is 0.833. The largest absolute Gasteiger partial charge is 0.481 e. The zero-order valence-electron chi connectivity index (χ0n) is 10.8. The van der Waals surface area contributed by atoms with Gasteiger partial charge in [-0.05, 0) is 40.2 Å². The van der Waals surface area contributed by atoms with E-state index in [-0.39, 0.29) is 30.5 Å². The zero-order chi connectivity index (χ0) is 13.1. The smallest absolute Gasteiger partial charge is 0.305 e. The molecule has 1 atom stereocenters. The van der Waals surface area contributed by atoms with E-state index >= 15 is 0 Å². The average Bonchev–Trinajstić information content (AvgIpc) is 2.67. The Balaban J connectivity index is 2.68. The zero-order valence-corrected chi connectivity index (χ0v) is 10.8. The van der Waals surface area contributed by atoms with Crippen LogP contribution in [0.15, 0.2) is 0 Å². The molecular formula is C12H22N2O3. The van der Waals surface area contributed by atoms with E-state index in [4.69, 9.17) is 5.11 Å². The average molecular weight is 242 g/mol. The Hall–Kier alpha value is -1.10. The molecule has 0 spiro atoms. The second-order valence-electron chi connectivity index (χ2n) is 5.45. The summed E-state index contributed by atoms with van der Waals surface area (Å²) in [5.74, 6) is -0.845. The first kappa shape index (κ1) is 14.0. The maximum absolute atomic E-state index is 12.3. The van der Waals surface area contributed by atoms with E-state index in [1.807, 2.05) is 20.8 Å². The summed E-state index contributed by atoms with van der Waals surface area (Å²) >= 11 is 0. The van der Waals surface area contributed by atoms with Gasteiger partial charge in [0.2, 0.25) is 5.91 Å². The Bertz CT molecular complexity index is 291. The molecule has 5 nitrogen and oxygen atoms in total. The monoisotopic (exact) mass is 242 g/mol. The Kier molecular flexibility index (Phi) is 4.51. The molecule has 0 aliphatic carbocycles. The molecule has 5 heteroatoms. The van der Waals surface area contributed by atoms with Crippen LogP contribution >= 0.6 is 0 Å². The number of carbonyl (C=O) groups excluding carboxylic acids is 1. The summed E-state index contributed by atoms with van der Waals surface area (Å²) in [6.07, 6.45) is 1.85. The number of carboxylic acids is 1. The lowest BCUT2D eigenvalue weighted by atomic mass is 10.0. The van der Waals surface area contributed by atoms with Gasteiger partial charge in [0.15, 0.2) is 0 Å². The topological polar surface area (TPSA) is 69.6 Å². The summed E-state index contributed by atoms with van der Waals surface area (Å²) in [4.78, 5) is 24.6. The van der Waals surface area contributed by atoms with E-state index in [1.54, 1.807) is 4.90 Å². The molecule has 0 bridgehead atoms. The molecule has 1 aliphatic rings. The van der Waals surface area contributed by atoms with Crippen LogP contribution in [-0.2, 0) is 9.59 Å². The first-order valence-corrected chi connectivity index (χ1v) is 6.09. The minimum Gasteiger partial charge on any atom is -0.481 e. The van der Waals surface area contributed by atoms with Gasteiger partial charge in [0.25, 0.3) is 0 Å². The van der Waals surface area contributed by atoms with Crippen LogP contribution in [0.1, 0.15) is 40.0 Å². The molecule has 1 aliphatic heterocycles. The van der Waals surface area contributed by atoms with Crippen LogP contribution in [0.2, 0.25) is 0 Å². The van der Waals surface area contributed by atoms with Crippen molar-refractivity contribution in [2.75, 3.05) is 13.1 Å². The summed E-state index contributed by atoms with van der Waals surface area (Å²) in [6, 6.07) is -0.136. The van der Waals surface area contributed by atoms with Gasteiger partial charge in [-0.25, -0.2) is 0 Å². The molecule has 1 amide bonds. The maximum Gasteiger partial charge on any atom is 0.305 e. The lowest BCUT2D eigenvalue weighted by molar-refractivity contribution is -0.141. The van der Waals surface area contributed by atoms with Gasteiger partial charge in [-0.3, -0.25) is 9.59 Å². The molecule has 1 rings (SSSR count). The van der Waals surface area contributed by atoms with Gasteiger partial charge in [-0.1, -0.05) is 0 Å². The van der Waals surface area contributed by atoms with E-state index in [9.17, 15) is 9.59 Å². The Morgan fingerprint density at radius 3 is 2.47 bits per heavy atom. The maximum atomic E-state index is 12.3. The molecule has 1 heterocycles. The molecule has 0 aromatic rings. The van der Waals surface area contributed by atoms with Crippen molar-refractivity contribution in [1.82, 2.24) is 10.2 Å². The molecule has 0 saturated carbocycles. The highest BCUT2D eigenvalue weighted by Crippen LogP contribution is 2.18. The fourth-order valence-electron chi connectivity index (χ4n) is 2.07. The lowest BCUT2D eigenvalue weighted by Gasteiger charge is -2.37. The lowest BCUT2D eigenvalue weighted by Crippen LogP contribution is -2.52. The van der Waals surface area contributed by atoms with Crippen LogP contribution in [0.4, 0.5) is 0 Å². The molecule has 0 aromatic heterocycles. The van der Waals surface area contributed by atoms with E-state index in [0.717, 1.165) is 19.4 Å². The Labute approximate surface area is 102 Å². The molecule has 0 aromatic carbocycles. The van der Waals surface area contributed by atoms with Crippen molar-refractivity contribution in [3.63, 3.8) is 0 Å². The minimum absolute atomic E-state index is 0.00424. The number of hydrogen-bond acceptors (Lipinski definition) is 3. The van der Waals surface area contributed by atoms with Crippen molar-refractivity contribution in [3.8, 4) is 0 Å². The number of carbonyl (C=O) groups is 2. The first-order valence-electron chi connectivity index (χ1n) is 6.09. The Morgan fingerprint density at radius 2 is 2.06 bits per heavy atom. The third-order valence-corrected chi connectivity index (χ3v) is 2.98. The molecule has 0 radical (unpaired) electrons. The van der Waals surface area contributed by atoms with Crippen molar-refractivity contribution in [3.05, 3.63) is 0 Å². The van der Waals surface area contributed by atoms with Crippen molar-refractivity contribution < 1.29 is 14.7 Å². The van der Waals surface area contributed by atoms with Gasteiger partial charge in [-0.15, -0.1) is 0 Å². The summed E-state index contributed by atoms with van der Waals surface area (Å²) in [7, 11) is 0. The van der Waals surface area contributed by atoms with Crippen LogP contribution in [0.25, 0.3) is 0 Å². The van der Waals surface area contributed by atoms with Gasteiger partial charge < -0.3 is 15.3 Å². The predicted octanol–water partition coefficient (Wildman–Crippen LogP) is 0.840. The van der Waals surface area contributed by atoms with Gasteiger partial charge in [0.1, 0.15) is 0 Å². The van der Waals surface area contributed by atoms with Gasteiger partial charge in [0, 0.05) is 12.1 Å². The standard InChI is InChI=1S/C12H22N2O3/c1-12(2,3)14(8-6-10(15)16)11(17)9-5-4-7-13-9/h9,13H,4-8H2,1-3H3,(H,15,16). The number of amides is 1. The van der Waals surface area contributed by atoms with Crippen LogP contribution < -0.4 is 5.32 Å². The van der Waals surface area contributed by atoms with Crippen LogP contribution in [-0.4, -0.2) is 46.6 Å². The number of aliphatic carboxylic acids is 1. The van der Waals surface area contributed by atoms with E-state index in [2.05, 4.69) is 5.32 Å². The number of nitrogens with one attached hydrogen (secondary N) is 1. The number of rotatable bonds is 4. The van der Waals surface area contributed by atoms with Gasteiger partial charge in [0.05, 0.1) is 12.5 Å². The van der Waals surface area contributed by atoms with E-state index in [1.165, 1.54) is 0 Å². The van der Waals surface area contributed by atoms with Crippen molar-refractivity contribution in [2.24, 2.45) is 0 Å². The van der Waals surface area contributed by atoms with Crippen molar-refractivity contribution >= 4 is 11.9 Å². The SMILES string of the molecule is CC(C)(C)N(CCC(=O)O)C(=O)C1CCCN1. The Morgan fingerprint density at radius 1 is 1.41 bits per heavy atom. The van der Waals surface area contributed by atoms with Gasteiger partial charge in [-0.2, -0.15) is 0 Å². The quantitative estimate of drug-likeness (QED) is 0.766. The third kappa shape index (κ3) is 4.00. The predicted molar refractivity (Wildman–Crippen MR) is 64.7 cm³/mol. The van der Waals surface area contributed by atoms with Gasteiger partial charge >= 0.3 is 5.97 Å². The van der Waals surface area contributed by atoms with Crippen LogP contribution in [0.3, 0.4) is 0 Å². The molecule has 2 N–H and O–H groups in total. The fourth-order valence-corrected chi connectivity index (χ4v) is 2.07. The summed E-state index contributed by atoms with van der Waals surface area (Å²) < 4.78 is 0. The third-order valence-electron chi connectivity index (χ3n) is 2.98. The van der Waals surface area contributed by atoms with Crippen molar-refractivity contribution in [2.45, 2.75) is 51.6 Å². The highest BCUT2D eigenvalue weighted by molar-refractivity contribution is 5.83. The normalized spacial score (nSPS) is 20.3. The molecule has 1 fully saturated rings. The van der Waals surface area contributed by atoms with E-state index in [0.29, 0.717) is 0 Å². The summed E-state index contributed by atoms with van der Waals surface area (Å²) in [5.41, 5.74) is -0.337. The molecule has 1 unspecified atom stereocenters. The van der Waals surface area contributed by atoms with Crippen LogP contribution in [0, 0.1) is 0 Å². The first-order chi connectivity index (χ1) is 7.82. The van der Waals surface area contributed by atoms with Crippen LogP contribution in [0.5, 0.6) is 0 Å². The highest BCUT2D eigenvalue weighted by atomic mass is 16.4. The highest BCUT2D eigenvalue weighted by Gasteiger charge is 2.33. The molecular weight excluding hydrogens is 220 g/mol. The minimum atomic E-state index is -0.869. The molecule has 17 heavy (non-hydrogen) atoms. The molecule has 98 valence electrons. The number of hydrogen-bond donors (Lipinski definition) is 2. The summed E-state index contributed by atoms with van der Waals surface area (Å²) in [5, 5.41) is 11.9. The number of carboxylic acid groups (broad SMARTS) is 1. The molecule has 1 saturated heterocycles.